The van der Waals surface area contributed by atoms with E-state index in [0.717, 1.165) is 18.5 Å². The van der Waals surface area contributed by atoms with Gasteiger partial charge in [0.05, 0.1) is 5.56 Å². The van der Waals surface area contributed by atoms with E-state index >= 15 is 0 Å². The Bertz CT molecular complexity index is 617. The fraction of sp³-hybridized carbons (Fsp3) is 0.312. The molecule has 1 aromatic carbocycles. The second-order valence-electron chi connectivity index (χ2n) is 4.88. The van der Waals surface area contributed by atoms with E-state index in [4.69, 9.17) is 16.3 Å². The maximum atomic E-state index is 12.0. The lowest BCUT2D eigenvalue weighted by molar-refractivity contribution is 0.0950. The second kappa shape index (κ2) is 9.07. The van der Waals surface area contributed by atoms with Crippen molar-refractivity contribution in [3.05, 3.63) is 52.8 Å². The van der Waals surface area contributed by atoms with Gasteiger partial charge in [0, 0.05) is 44.2 Å². The molecule has 0 aliphatic carbocycles. The molecule has 1 aromatic heterocycles. The zero-order valence-electron chi connectivity index (χ0n) is 12.9. The van der Waals surface area contributed by atoms with Crippen LogP contribution in [0.15, 0.2) is 36.7 Å². The molecule has 6 nitrogen and oxygen atoms in total. The highest BCUT2D eigenvalue weighted by Gasteiger charge is 2.07. The van der Waals surface area contributed by atoms with E-state index < -0.39 is 0 Å². The number of carbonyl (C=O) groups is 1. The largest absolute Gasteiger partial charge is 0.385 e. The normalized spacial score (nSPS) is 10.3. The number of ether oxygens (including phenoxy) is 1. The first-order chi connectivity index (χ1) is 11.2. The highest BCUT2D eigenvalue weighted by Crippen LogP contribution is 2.09. The van der Waals surface area contributed by atoms with Gasteiger partial charge in [-0.25, -0.2) is 9.97 Å². The number of halogens is 1. The van der Waals surface area contributed by atoms with Crippen LogP contribution in [0.4, 0.5) is 5.95 Å². The van der Waals surface area contributed by atoms with Crippen molar-refractivity contribution in [3.63, 3.8) is 0 Å². The lowest BCUT2D eigenvalue weighted by Gasteiger charge is -2.07. The third-order valence-electron chi connectivity index (χ3n) is 3.09. The van der Waals surface area contributed by atoms with Gasteiger partial charge in [0.25, 0.3) is 5.91 Å². The fourth-order valence-electron chi connectivity index (χ4n) is 1.84. The molecule has 0 saturated heterocycles. The van der Waals surface area contributed by atoms with Gasteiger partial charge < -0.3 is 15.4 Å². The zero-order valence-corrected chi connectivity index (χ0v) is 13.6. The first kappa shape index (κ1) is 17.2. The predicted octanol–water partition coefficient (Wildman–Crippen LogP) is 2.51. The lowest BCUT2D eigenvalue weighted by Crippen LogP contribution is -2.23. The molecule has 0 fully saturated rings. The molecule has 1 heterocycles. The Labute approximate surface area is 140 Å². The summed E-state index contributed by atoms with van der Waals surface area (Å²) < 4.78 is 4.96. The molecule has 0 aliphatic heterocycles. The third-order valence-corrected chi connectivity index (χ3v) is 3.34. The molecule has 1 amide bonds. The number of carbonyl (C=O) groups excluding carboxylic acids is 1. The Morgan fingerprint density at radius 1 is 1.22 bits per heavy atom. The van der Waals surface area contributed by atoms with E-state index in [1.54, 1.807) is 19.2 Å². The molecule has 2 aromatic rings. The molecular weight excluding hydrogens is 316 g/mol. The maximum absolute atomic E-state index is 12.0. The molecule has 0 atom stereocenters. The lowest BCUT2D eigenvalue weighted by atomic mass is 10.2. The Morgan fingerprint density at radius 3 is 2.57 bits per heavy atom. The van der Waals surface area contributed by atoms with E-state index in [2.05, 4.69) is 20.6 Å². The number of benzene rings is 1. The SMILES string of the molecule is COCCCNc1ncc(C(=O)NCc2ccc(Cl)cc2)cn1. The summed E-state index contributed by atoms with van der Waals surface area (Å²) in [6.45, 7) is 1.82. The van der Waals surface area contributed by atoms with Crippen molar-refractivity contribution in [1.82, 2.24) is 15.3 Å². The van der Waals surface area contributed by atoms with Crippen molar-refractivity contribution in [2.75, 3.05) is 25.6 Å². The van der Waals surface area contributed by atoms with Crippen molar-refractivity contribution >= 4 is 23.5 Å². The van der Waals surface area contributed by atoms with Gasteiger partial charge in [0.15, 0.2) is 0 Å². The van der Waals surface area contributed by atoms with Crippen LogP contribution >= 0.6 is 11.6 Å². The monoisotopic (exact) mass is 334 g/mol. The Hall–Kier alpha value is -2.18. The van der Waals surface area contributed by atoms with E-state index in [0.29, 0.717) is 29.7 Å². The van der Waals surface area contributed by atoms with Crippen LogP contribution in [0.5, 0.6) is 0 Å². The molecule has 2 N–H and O–H groups in total. The third kappa shape index (κ3) is 5.84. The number of rotatable bonds is 8. The van der Waals surface area contributed by atoms with Crippen LogP contribution in [0.25, 0.3) is 0 Å². The van der Waals surface area contributed by atoms with Crippen LogP contribution in [-0.2, 0) is 11.3 Å². The van der Waals surface area contributed by atoms with Crippen molar-refractivity contribution in [3.8, 4) is 0 Å². The van der Waals surface area contributed by atoms with Crippen molar-refractivity contribution in [1.29, 1.82) is 0 Å². The number of nitrogens with zero attached hydrogens (tertiary/aromatic N) is 2. The van der Waals surface area contributed by atoms with Crippen molar-refractivity contribution in [2.24, 2.45) is 0 Å². The summed E-state index contributed by atoms with van der Waals surface area (Å²) in [6.07, 6.45) is 3.87. The van der Waals surface area contributed by atoms with E-state index in [9.17, 15) is 4.79 Å². The average Bonchev–Trinajstić information content (AvgIpc) is 2.58. The molecule has 0 bridgehead atoms. The van der Waals surface area contributed by atoms with Gasteiger partial charge in [-0.15, -0.1) is 0 Å². The van der Waals surface area contributed by atoms with E-state index in [1.807, 2.05) is 12.1 Å². The van der Waals surface area contributed by atoms with Gasteiger partial charge in [-0.2, -0.15) is 0 Å². The summed E-state index contributed by atoms with van der Waals surface area (Å²) in [7, 11) is 1.66. The smallest absolute Gasteiger partial charge is 0.254 e. The fourth-order valence-corrected chi connectivity index (χ4v) is 1.97. The molecule has 2 rings (SSSR count). The van der Waals surface area contributed by atoms with Gasteiger partial charge in [-0.3, -0.25) is 4.79 Å². The van der Waals surface area contributed by atoms with Crippen molar-refractivity contribution in [2.45, 2.75) is 13.0 Å². The number of amides is 1. The molecule has 23 heavy (non-hydrogen) atoms. The molecule has 0 spiro atoms. The quantitative estimate of drug-likeness (QED) is 0.725. The molecule has 122 valence electrons. The average molecular weight is 335 g/mol. The highest BCUT2D eigenvalue weighted by atomic mass is 35.5. The molecule has 0 radical (unpaired) electrons. The van der Waals surface area contributed by atoms with Gasteiger partial charge in [0.2, 0.25) is 5.95 Å². The molecule has 0 aliphatic rings. The summed E-state index contributed by atoms with van der Waals surface area (Å²) in [6, 6.07) is 7.31. The minimum absolute atomic E-state index is 0.217. The van der Waals surface area contributed by atoms with Crippen LogP contribution in [0.1, 0.15) is 22.3 Å². The first-order valence-electron chi connectivity index (χ1n) is 7.26. The summed E-state index contributed by atoms with van der Waals surface area (Å²) in [5, 5.41) is 6.55. The number of hydrogen-bond acceptors (Lipinski definition) is 5. The van der Waals surface area contributed by atoms with Gasteiger partial charge >= 0.3 is 0 Å². The minimum atomic E-state index is -0.217. The minimum Gasteiger partial charge on any atom is -0.385 e. The van der Waals surface area contributed by atoms with Gasteiger partial charge in [-0.1, -0.05) is 23.7 Å². The number of hydrogen-bond donors (Lipinski definition) is 2. The first-order valence-corrected chi connectivity index (χ1v) is 7.64. The van der Waals surface area contributed by atoms with E-state index in [-0.39, 0.29) is 5.91 Å². The van der Waals surface area contributed by atoms with Gasteiger partial charge in [0.1, 0.15) is 0 Å². The zero-order chi connectivity index (χ0) is 16.5. The summed E-state index contributed by atoms with van der Waals surface area (Å²) in [5.74, 6) is 0.279. The second-order valence-corrected chi connectivity index (χ2v) is 5.31. The van der Waals surface area contributed by atoms with Crippen LogP contribution in [0.2, 0.25) is 5.02 Å². The Kier molecular flexibility index (Phi) is 6.77. The molecular formula is C16H19ClN4O2. The van der Waals surface area contributed by atoms with E-state index in [1.165, 1.54) is 12.4 Å². The summed E-state index contributed by atoms with van der Waals surface area (Å²) >= 11 is 5.82. The highest BCUT2D eigenvalue weighted by molar-refractivity contribution is 6.30. The van der Waals surface area contributed by atoms with Crippen molar-refractivity contribution < 1.29 is 9.53 Å². The molecule has 0 saturated carbocycles. The number of methoxy groups -OCH3 is 1. The summed E-state index contributed by atoms with van der Waals surface area (Å²) in [5.41, 5.74) is 1.39. The number of nitrogens with one attached hydrogen (secondary N) is 2. The van der Waals surface area contributed by atoms with Crippen LogP contribution in [0.3, 0.4) is 0 Å². The molecule has 7 heteroatoms. The number of aromatic nitrogens is 2. The number of anilines is 1. The topological polar surface area (TPSA) is 76.1 Å². The van der Waals surface area contributed by atoms with Gasteiger partial charge in [-0.05, 0) is 24.1 Å². The summed E-state index contributed by atoms with van der Waals surface area (Å²) in [4.78, 5) is 20.3. The molecule has 0 unspecified atom stereocenters. The predicted molar refractivity (Wildman–Crippen MR) is 89.6 cm³/mol. The van der Waals surface area contributed by atoms with Crippen LogP contribution in [-0.4, -0.2) is 36.1 Å². The Morgan fingerprint density at radius 2 is 1.91 bits per heavy atom. The van der Waals surface area contributed by atoms with Crippen LogP contribution in [0, 0.1) is 0 Å². The Balaban J connectivity index is 1.81. The van der Waals surface area contributed by atoms with Crippen LogP contribution < -0.4 is 10.6 Å². The maximum Gasteiger partial charge on any atom is 0.254 e. The standard InChI is InChI=1S/C16H19ClN4O2/c1-23-8-2-7-18-16-20-10-13(11-21-16)15(22)19-9-12-3-5-14(17)6-4-12/h3-6,10-11H,2,7-9H2,1H3,(H,19,22)(H,18,20,21).